The maximum absolute atomic E-state index is 5.70. The minimum atomic E-state index is 0.377. The number of aromatic nitrogens is 2. The number of nitrogens with one attached hydrogen (secondary N) is 1. The molecule has 0 aromatic carbocycles. The molecule has 78 valence electrons. The number of likely N-dealkylation sites (N-methyl/N-ethyl adjacent to an activating group) is 1. The number of ether oxygens (including phenoxy) is 1. The molecule has 14 heavy (non-hydrogen) atoms. The summed E-state index contributed by atoms with van der Waals surface area (Å²) < 4.78 is 7.64. The molecule has 1 atom stereocenters. The zero-order valence-corrected chi connectivity index (χ0v) is 8.95. The van der Waals surface area contributed by atoms with Gasteiger partial charge in [-0.1, -0.05) is 13.8 Å². The fraction of sp³-hybridized carbons (Fsp3) is 0.700. The van der Waals surface area contributed by atoms with Crippen LogP contribution >= 0.6 is 0 Å². The standard InChI is InChI=1S/C10H17N3O/c1-7(2)9-4-12-13-5-8(11-3)6-14-10(9)13/h4,7-8,11H,5-6H2,1-3H3/t8-/m1/s1. The maximum atomic E-state index is 5.70. The number of nitrogens with zero attached hydrogens (tertiary/aromatic N) is 2. The molecule has 0 bridgehead atoms. The molecule has 2 rings (SSSR count). The van der Waals surface area contributed by atoms with E-state index in [1.807, 2.05) is 17.9 Å². The quantitative estimate of drug-likeness (QED) is 0.764. The van der Waals surface area contributed by atoms with Gasteiger partial charge in [0.2, 0.25) is 5.88 Å². The highest BCUT2D eigenvalue weighted by atomic mass is 16.5. The summed E-state index contributed by atoms with van der Waals surface area (Å²) in [6.45, 7) is 5.96. The molecule has 4 heteroatoms. The molecule has 1 aliphatic heterocycles. The Morgan fingerprint density at radius 2 is 2.43 bits per heavy atom. The van der Waals surface area contributed by atoms with E-state index in [2.05, 4.69) is 24.3 Å². The molecule has 0 fully saturated rings. The van der Waals surface area contributed by atoms with Crippen LogP contribution in [0.3, 0.4) is 0 Å². The van der Waals surface area contributed by atoms with Crippen molar-refractivity contribution in [3.63, 3.8) is 0 Å². The summed E-state index contributed by atoms with van der Waals surface area (Å²) in [5.41, 5.74) is 1.21. The predicted octanol–water partition coefficient (Wildman–Crippen LogP) is 0.987. The first-order chi connectivity index (χ1) is 6.72. The van der Waals surface area contributed by atoms with E-state index in [-0.39, 0.29) is 0 Å². The summed E-state index contributed by atoms with van der Waals surface area (Å²) in [4.78, 5) is 0. The molecule has 0 aliphatic carbocycles. The van der Waals surface area contributed by atoms with Crippen molar-refractivity contribution in [3.8, 4) is 5.88 Å². The van der Waals surface area contributed by atoms with Crippen molar-refractivity contribution in [1.29, 1.82) is 0 Å². The van der Waals surface area contributed by atoms with Gasteiger partial charge >= 0.3 is 0 Å². The summed E-state index contributed by atoms with van der Waals surface area (Å²) in [5.74, 6) is 1.43. The second kappa shape index (κ2) is 3.61. The molecule has 4 nitrogen and oxygen atoms in total. The predicted molar refractivity (Wildman–Crippen MR) is 54.7 cm³/mol. The van der Waals surface area contributed by atoms with Gasteiger partial charge in [0.25, 0.3) is 0 Å². The van der Waals surface area contributed by atoms with Crippen molar-refractivity contribution < 1.29 is 4.74 Å². The van der Waals surface area contributed by atoms with E-state index in [9.17, 15) is 0 Å². The number of rotatable bonds is 2. The summed E-state index contributed by atoms with van der Waals surface area (Å²) >= 11 is 0. The largest absolute Gasteiger partial charge is 0.476 e. The highest BCUT2D eigenvalue weighted by molar-refractivity contribution is 5.28. The molecule has 1 aromatic heterocycles. The van der Waals surface area contributed by atoms with Crippen molar-refractivity contribution in [2.45, 2.75) is 32.4 Å². The highest BCUT2D eigenvalue weighted by Crippen LogP contribution is 2.28. The van der Waals surface area contributed by atoms with Crippen LogP contribution in [0.4, 0.5) is 0 Å². The van der Waals surface area contributed by atoms with Gasteiger partial charge in [-0.2, -0.15) is 5.10 Å². The average molecular weight is 195 g/mol. The zero-order valence-electron chi connectivity index (χ0n) is 8.95. The fourth-order valence-electron chi connectivity index (χ4n) is 1.69. The number of hydrogen-bond acceptors (Lipinski definition) is 3. The van der Waals surface area contributed by atoms with Crippen molar-refractivity contribution >= 4 is 0 Å². The van der Waals surface area contributed by atoms with E-state index < -0.39 is 0 Å². The maximum Gasteiger partial charge on any atom is 0.215 e. The summed E-state index contributed by atoms with van der Waals surface area (Å²) in [7, 11) is 1.95. The van der Waals surface area contributed by atoms with Gasteiger partial charge in [0, 0.05) is 5.56 Å². The van der Waals surface area contributed by atoms with Crippen molar-refractivity contribution in [2.24, 2.45) is 0 Å². The third kappa shape index (κ3) is 1.50. The summed E-state index contributed by atoms with van der Waals surface area (Å²) in [6.07, 6.45) is 1.91. The normalized spacial score (nSPS) is 20.7. The molecule has 0 amide bonds. The first kappa shape index (κ1) is 9.52. The van der Waals surface area contributed by atoms with Crippen molar-refractivity contribution in [1.82, 2.24) is 15.1 Å². The molecular formula is C10H17N3O. The average Bonchev–Trinajstić information content (AvgIpc) is 2.59. The number of fused-ring (bicyclic) bond motifs is 1. The lowest BCUT2D eigenvalue weighted by atomic mass is 10.1. The monoisotopic (exact) mass is 195 g/mol. The third-order valence-electron chi connectivity index (χ3n) is 2.66. The van der Waals surface area contributed by atoms with Crippen LogP contribution in [0.25, 0.3) is 0 Å². The van der Waals surface area contributed by atoms with Gasteiger partial charge in [0.05, 0.1) is 18.8 Å². The fourth-order valence-corrected chi connectivity index (χ4v) is 1.69. The minimum absolute atomic E-state index is 0.377. The molecule has 1 N–H and O–H groups in total. The van der Waals surface area contributed by atoms with Crippen LogP contribution in [0, 0.1) is 0 Å². The van der Waals surface area contributed by atoms with Gasteiger partial charge in [-0.3, -0.25) is 0 Å². The number of hydrogen-bond donors (Lipinski definition) is 1. The van der Waals surface area contributed by atoms with Crippen LogP contribution in [-0.2, 0) is 6.54 Å². The van der Waals surface area contributed by atoms with Crippen molar-refractivity contribution in [2.75, 3.05) is 13.7 Å². The van der Waals surface area contributed by atoms with E-state index in [0.29, 0.717) is 12.0 Å². The van der Waals surface area contributed by atoms with Crippen molar-refractivity contribution in [3.05, 3.63) is 11.8 Å². The molecule has 2 heterocycles. The minimum Gasteiger partial charge on any atom is -0.476 e. The van der Waals surface area contributed by atoms with Crippen LogP contribution < -0.4 is 10.1 Å². The van der Waals surface area contributed by atoms with E-state index in [1.54, 1.807) is 0 Å². The van der Waals surface area contributed by atoms with Gasteiger partial charge in [-0.05, 0) is 13.0 Å². The van der Waals surface area contributed by atoms with E-state index in [1.165, 1.54) is 5.56 Å². The Labute approximate surface area is 84.3 Å². The molecular weight excluding hydrogens is 178 g/mol. The second-order valence-electron chi connectivity index (χ2n) is 4.04. The third-order valence-corrected chi connectivity index (χ3v) is 2.66. The topological polar surface area (TPSA) is 39.1 Å². The molecule has 0 radical (unpaired) electrons. The lowest BCUT2D eigenvalue weighted by molar-refractivity contribution is 0.187. The van der Waals surface area contributed by atoms with Crippen LogP contribution in [0.5, 0.6) is 5.88 Å². The lowest BCUT2D eigenvalue weighted by Gasteiger charge is -2.24. The smallest absolute Gasteiger partial charge is 0.215 e. The Hall–Kier alpha value is -1.03. The summed E-state index contributed by atoms with van der Waals surface area (Å²) in [5, 5.41) is 7.53. The Morgan fingerprint density at radius 3 is 3.07 bits per heavy atom. The first-order valence-electron chi connectivity index (χ1n) is 5.08. The Bertz CT molecular complexity index is 319. The molecule has 1 aromatic rings. The molecule has 0 spiro atoms. The Morgan fingerprint density at radius 1 is 1.64 bits per heavy atom. The molecule has 0 saturated heterocycles. The van der Waals surface area contributed by atoms with Gasteiger partial charge in [-0.25, -0.2) is 4.68 Å². The van der Waals surface area contributed by atoms with E-state index >= 15 is 0 Å². The van der Waals surface area contributed by atoms with E-state index in [0.717, 1.165) is 19.0 Å². The van der Waals surface area contributed by atoms with Gasteiger partial charge in [0.15, 0.2) is 0 Å². The summed E-state index contributed by atoms with van der Waals surface area (Å²) in [6, 6.07) is 0.377. The molecule has 0 saturated carbocycles. The Balaban J connectivity index is 2.25. The molecule has 1 aliphatic rings. The van der Waals surface area contributed by atoms with Gasteiger partial charge in [0.1, 0.15) is 6.61 Å². The van der Waals surface area contributed by atoms with E-state index in [4.69, 9.17) is 4.74 Å². The van der Waals surface area contributed by atoms with Crippen LogP contribution in [-0.4, -0.2) is 29.5 Å². The Kier molecular flexibility index (Phi) is 2.46. The zero-order chi connectivity index (χ0) is 10.1. The highest BCUT2D eigenvalue weighted by Gasteiger charge is 2.22. The van der Waals surface area contributed by atoms with Gasteiger partial charge < -0.3 is 10.1 Å². The van der Waals surface area contributed by atoms with Crippen LogP contribution in [0.1, 0.15) is 25.3 Å². The lowest BCUT2D eigenvalue weighted by Crippen LogP contribution is -2.40. The molecule has 0 unspecified atom stereocenters. The van der Waals surface area contributed by atoms with Crippen LogP contribution in [0.2, 0.25) is 0 Å². The first-order valence-corrected chi connectivity index (χ1v) is 5.08. The van der Waals surface area contributed by atoms with Crippen LogP contribution in [0.15, 0.2) is 6.20 Å². The second-order valence-corrected chi connectivity index (χ2v) is 4.04. The SMILES string of the molecule is CN[C@H]1COc2c(C(C)C)cnn2C1. The van der Waals surface area contributed by atoms with Gasteiger partial charge in [-0.15, -0.1) is 0 Å².